The maximum atomic E-state index is 6.04. The maximum Gasteiger partial charge on any atom is 0.153 e. The molecule has 2 heterocycles. The Labute approximate surface area is 117 Å². The molecule has 1 aromatic carbocycles. The van der Waals surface area contributed by atoms with Crippen molar-refractivity contribution in [1.82, 2.24) is 15.2 Å². The maximum absolute atomic E-state index is 6.04. The zero-order valence-electron chi connectivity index (χ0n) is 11.5. The van der Waals surface area contributed by atoms with Crippen LogP contribution < -0.4 is 5.73 Å². The molecule has 0 aliphatic rings. The van der Waals surface area contributed by atoms with E-state index in [1.54, 1.807) is 0 Å². The minimum Gasteiger partial charge on any atom is -0.382 e. The van der Waals surface area contributed by atoms with Crippen molar-refractivity contribution in [1.29, 1.82) is 0 Å². The fraction of sp³-hybridized carbons (Fsp3) is 0.125. The molecule has 0 aliphatic carbocycles. The van der Waals surface area contributed by atoms with Gasteiger partial charge in [-0.3, -0.25) is 10.1 Å². The highest BCUT2D eigenvalue weighted by Crippen LogP contribution is 2.34. The first-order valence-electron chi connectivity index (χ1n) is 6.48. The van der Waals surface area contributed by atoms with Gasteiger partial charge >= 0.3 is 0 Å². The first-order valence-corrected chi connectivity index (χ1v) is 6.48. The van der Waals surface area contributed by atoms with Crippen LogP contribution in [0, 0.1) is 13.8 Å². The third-order valence-corrected chi connectivity index (χ3v) is 3.26. The molecule has 3 rings (SSSR count). The molecule has 0 saturated heterocycles. The number of pyridine rings is 1. The van der Waals surface area contributed by atoms with Crippen LogP contribution in [-0.4, -0.2) is 15.2 Å². The first kappa shape index (κ1) is 12.4. The number of aromatic nitrogens is 3. The number of nitrogen functional groups attached to an aromatic ring is 1. The summed E-state index contributed by atoms with van der Waals surface area (Å²) in [5.74, 6) is 0.507. The molecule has 0 bridgehead atoms. The summed E-state index contributed by atoms with van der Waals surface area (Å²) in [6.07, 6.45) is 3.65. The van der Waals surface area contributed by atoms with Crippen LogP contribution in [0.3, 0.4) is 0 Å². The van der Waals surface area contributed by atoms with Gasteiger partial charge in [0.2, 0.25) is 0 Å². The minimum absolute atomic E-state index is 0.507. The Morgan fingerprint density at radius 2 is 1.80 bits per heavy atom. The van der Waals surface area contributed by atoms with Crippen molar-refractivity contribution in [3.63, 3.8) is 0 Å². The summed E-state index contributed by atoms with van der Waals surface area (Å²) in [6, 6.07) is 10.3. The number of rotatable bonds is 2. The summed E-state index contributed by atoms with van der Waals surface area (Å²) < 4.78 is 0. The largest absolute Gasteiger partial charge is 0.382 e. The third kappa shape index (κ3) is 2.16. The molecule has 0 saturated carbocycles. The molecule has 0 aliphatic heterocycles. The van der Waals surface area contributed by atoms with Crippen LogP contribution >= 0.6 is 0 Å². The second kappa shape index (κ2) is 4.81. The van der Waals surface area contributed by atoms with E-state index in [0.29, 0.717) is 5.82 Å². The van der Waals surface area contributed by atoms with Gasteiger partial charge in [0.1, 0.15) is 0 Å². The number of aryl methyl sites for hydroxylation is 2. The second-order valence-electron chi connectivity index (χ2n) is 4.98. The van der Waals surface area contributed by atoms with E-state index in [1.165, 1.54) is 5.56 Å². The molecule has 0 fully saturated rings. The van der Waals surface area contributed by atoms with Gasteiger partial charge in [-0.25, -0.2) is 0 Å². The molecule has 2 aromatic heterocycles. The highest BCUT2D eigenvalue weighted by Gasteiger charge is 2.15. The van der Waals surface area contributed by atoms with E-state index < -0.39 is 0 Å². The Kier molecular flexibility index (Phi) is 2.99. The molecular weight excluding hydrogens is 248 g/mol. The number of anilines is 1. The average molecular weight is 264 g/mol. The van der Waals surface area contributed by atoms with Crippen LogP contribution in [0.25, 0.3) is 22.4 Å². The molecule has 4 nitrogen and oxygen atoms in total. The summed E-state index contributed by atoms with van der Waals surface area (Å²) in [7, 11) is 0. The van der Waals surface area contributed by atoms with Gasteiger partial charge in [0.05, 0.1) is 11.3 Å². The van der Waals surface area contributed by atoms with E-state index in [2.05, 4.69) is 40.3 Å². The highest BCUT2D eigenvalue weighted by atomic mass is 15.2. The summed E-state index contributed by atoms with van der Waals surface area (Å²) in [4.78, 5) is 4.23. The van der Waals surface area contributed by atoms with Gasteiger partial charge in [0.15, 0.2) is 5.82 Å². The predicted molar refractivity (Wildman–Crippen MR) is 81.1 cm³/mol. The van der Waals surface area contributed by atoms with E-state index in [1.807, 2.05) is 31.5 Å². The van der Waals surface area contributed by atoms with Crippen molar-refractivity contribution < 1.29 is 0 Å². The Balaban J connectivity index is 2.20. The van der Waals surface area contributed by atoms with Gasteiger partial charge < -0.3 is 5.73 Å². The molecule has 0 amide bonds. The zero-order valence-corrected chi connectivity index (χ0v) is 11.5. The van der Waals surface area contributed by atoms with Gasteiger partial charge in [-0.2, -0.15) is 5.10 Å². The van der Waals surface area contributed by atoms with E-state index in [-0.39, 0.29) is 0 Å². The van der Waals surface area contributed by atoms with Gasteiger partial charge in [-0.15, -0.1) is 0 Å². The molecule has 20 heavy (non-hydrogen) atoms. The first-order chi connectivity index (χ1) is 9.65. The SMILES string of the molecule is Cc1cncc(-c2[nH]nc(N)c2-c2cccc(C)c2)c1. The van der Waals surface area contributed by atoms with Gasteiger partial charge in [-0.1, -0.05) is 29.8 Å². The van der Waals surface area contributed by atoms with Crippen LogP contribution in [0.5, 0.6) is 0 Å². The quantitative estimate of drug-likeness (QED) is 0.746. The van der Waals surface area contributed by atoms with E-state index in [0.717, 1.165) is 27.9 Å². The molecule has 3 N–H and O–H groups in total. The summed E-state index contributed by atoms with van der Waals surface area (Å²) in [5.41, 5.74) is 12.2. The van der Waals surface area contributed by atoms with Crippen molar-refractivity contribution in [3.8, 4) is 22.4 Å². The van der Waals surface area contributed by atoms with Crippen molar-refractivity contribution in [2.75, 3.05) is 5.73 Å². The van der Waals surface area contributed by atoms with Gasteiger partial charge in [0, 0.05) is 18.0 Å². The molecule has 3 aromatic rings. The highest BCUT2D eigenvalue weighted by molar-refractivity contribution is 5.87. The van der Waals surface area contributed by atoms with Crippen LogP contribution in [-0.2, 0) is 0 Å². The second-order valence-corrected chi connectivity index (χ2v) is 4.98. The zero-order chi connectivity index (χ0) is 14.1. The molecule has 0 radical (unpaired) electrons. The van der Waals surface area contributed by atoms with Crippen molar-refractivity contribution in [2.24, 2.45) is 0 Å². The molecule has 100 valence electrons. The summed E-state index contributed by atoms with van der Waals surface area (Å²) in [5, 5.41) is 7.17. The fourth-order valence-corrected chi connectivity index (χ4v) is 2.35. The molecule has 0 spiro atoms. The van der Waals surface area contributed by atoms with E-state index in [9.17, 15) is 0 Å². The smallest absolute Gasteiger partial charge is 0.153 e. The van der Waals surface area contributed by atoms with E-state index >= 15 is 0 Å². The number of benzene rings is 1. The monoisotopic (exact) mass is 264 g/mol. The van der Waals surface area contributed by atoms with Crippen molar-refractivity contribution >= 4 is 5.82 Å². The average Bonchev–Trinajstić information content (AvgIpc) is 2.80. The Hall–Kier alpha value is -2.62. The van der Waals surface area contributed by atoms with Crippen molar-refractivity contribution in [3.05, 3.63) is 53.9 Å². The molecule has 0 atom stereocenters. The Morgan fingerprint density at radius 1 is 1.00 bits per heavy atom. The number of hydrogen-bond acceptors (Lipinski definition) is 3. The number of hydrogen-bond donors (Lipinski definition) is 2. The normalized spacial score (nSPS) is 10.7. The lowest BCUT2D eigenvalue weighted by atomic mass is 10.00. The third-order valence-electron chi connectivity index (χ3n) is 3.26. The lowest BCUT2D eigenvalue weighted by Crippen LogP contribution is -1.90. The minimum atomic E-state index is 0.507. The number of H-pyrrole nitrogens is 1. The summed E-state index contributed by atoms with van der Waals surface area (Å²) in [6.45, 7) is 4.08. The number of nitrogens with two attached hydrogens (primary N) is 1. The molecular formula is C16H16N4. The van der Waals surface area contributed by atoms with E-state index in [4.69, 9.17) is 5.73 Å². The Morgan fingerprint density at radius 3 is 2.55 bits per heavy atom. The topological polar surface area (TPSA) is 67.6 Å². The van der Waals surface area contributed by atoms with Crippen molar-refractivity contribution in [2.45, 2.75) is 13.8 Å². The molecule has 0 unspecified atom stereocenters. The van der Waals surface area contributed by atoms with Crippen LogP contribution in [0.4, 0.5) is 5.82 Å². The van der Waals surface area contributed by atoms with Crippen LogP contribution in [0.15, 0.2) is 42.7 Å². The lowest BCUT2D eigenvalue weighted by molar-refractivity contribution is 1.10. The molecule has 4 heteroatoms. The summed E-state index contributed by atoms with van der Waals surface area (Å²) >= 11 is 0. The number of nitrogens with one attached hydrogen (secondary N) is 1. The standard InChI is InChI=1S/C16H16N4/c1-10-4-3-5-12(6-10)14-15(19-20-16(14)17)13-7-11(2)8-18-9-13/h3-9H,1-2H3,(H3,17,19,20). The van der Waals surface area contributed by atoms with Crippen LogP contribution in [0.2, 0.25) is 0 Å². The number of aromatic amines is 1. The number of nitrogens with zero attached hydrogens (tertiary/aromatic N) is 2. The Bertz CT molecular complexity index is 759. The predicted octanol–water partition coefficient (Wildman–Crippen LogP) is 3.34. The van der Waals surface area contributed by atoms with Gasteiger partial charge in [0.25, 0.3) is 0 Å². The van der Waals surface area contributed by atoms with Gasteiger partial charge in [-0.05, 0) is 31.0 Å². The fourth-order valence-electron chi connectivity index (χ4n) is 2.35. The lowest BCUT2D eigenvalue weighted by Gasteiger charge is -2.06. The van der Waals surface area contributed by atoms with Crippen LogP contribution in [0.1, 0.15) is 11.1 Å².